The lowest BCUT2D eigenvalue weighted by atomic mass is 9.70. The van der Waals surface area contributed by atoms with Crippen LogP contribution in [-0.4, -0.2) is 48.3 Å². The van der Waals surface area contributed by atoms with Crippen LogP contribution in [0.25, 0.3) is 28.0 Å². The summed E-state index contributed by atoms with van der Waals surface area (Å²) < 4.78 is 15.1. The summed E-state index contributed by atoms with van der Waals surface area (Å²) in [5, 5.41) is 7.48. The van der Waals surface area contributed by atoms with Crippen molar-refractivity contribution >= 4 is 23.2 Å². The van der Waals surface area contributed by atoms with Gasteiger partial charge in [0.05, 0.1) is 17.6 Å². The summed E-state index contributed by atoms with van der Waals surface area (Å²) in [6.07, 6.45) is 8.87. The van der Waals surface area contributed by atoms with Gasteiger partial charge in [-0.05, 0) is 61.2 Å². The fraction of sp³-hybridized carbons (Fsp3) is 0.303. The fourth-order valence-electron chi connectivity index (χ4n) is 6.54. The molecule has 3 aliphatic rings. The van der Waals surface area contributed by atoms with Crippen LogP contribution >= 0.6 is 0 Å². The summed E-state index contributed by atoms with van der Waals surface area (Å²) in [6, 6.07) is 10.3. The highest BCUT2D eigenvalue weighted by molar-refractivity contribution is 6.38. The van der Waals surface area contributed by atoms with E-state index in [1.807, 2.05) is 17.0 Å². The number of amides is 1. The van der Waals surface area contributed by atoms with Gasteiger partial charge in [-0.1, -0.05) is 40.0 Å². The van der Waals surface area contributed by atoms with Crippen LogP contribution in [0.3, 0.4) is 0 Å². The van der Waals surface area contributed by atoms with E-state index in [9.17, 15) is 9.18 Å². The molecule has 7 rings (SSSR count). The first-order chi connectivity index (χ1) is 20.6. The largest absolute Gasteiger partial charge is 0.383 e. The van der Waals surface area contributed by atoms with Gasteiger partial charge in [-0.25, -0.2) is 14.4 Å². The van der Waals surface area contributed by atoms with Crippen molar-refractivity contribution in [2.24, 2.45) is 4.99 Å². The summed E-state index contributed by atoms with van der Waals surface area (Å²) in [6.45, 7) is 13.7. The number of carbonyl (C=O) groups is 1. The minimum absolute atomic E-state index is 0.0811. The Morgan fingerprint density at radius 2 is 1.77 bits per heavy atom. The van der Waals surface area contributed by atoms with Crippen LogP contribution in [0.4, 0.5) is 10.2 Å². The molecule has 3 aromatic heterocycles. The van der Waals surface area contributed by atoms with Crippen LogP contribution in [0.2, 0.25) is 0 Å². The molecule has 5 heterocycles. The number of pyridine rings is 1. The van der Waals surface area contributed by atoms with Crippen molar-refractivity contribution in [3.8, 4) is 22.4 Å². The van der Waals surface area contributed by atoms with E-state index < -0.39 is 0 Å². The number of hydrogen-bond acceptors (Lipinski definition) is 6. The van der Waals surface area contributed by atoms with Crippen molar-refractivity contribution in [1.29, 1.82) is 0 Å². The molecule has 2 aliphatic heterocycles. The number of aliphatic imine (C=N–C) groups is 1. The van der Waals surface area contributed by atoms with Gasteiger partial charge in [0.25, 0.3) is 5.91 Å². The molecule has 220 valence electrons. The van der Waals surface area contributed by atoms with Crippen molar-refractivity contribution in [2.75, 3.05) is 5.73 Å². The van der Waals surface area contributed by atoms with Gasteiger partial charge in [0.2, 0.25) is 0 Å². The van der Waals surface area contributed by atoms with Crippen LogP contribution in [0, 0.1) is 5.82 Å². The van der Waals surface area contributed by atoms with Crippen LogP contribution < -0.4 is 11.1 Å². The lowest BCUT2D eigenvalue weighted by Crippen LogP contribution is -2.64. The Hall–Kier alpha value is -4.86. The third kappa shape index (κ3) is 4.96. The van der Waals surface area contributed by atoms with Gasteiger partial charge in [0.15, 0.2) is 11.5 Å². The number of halogens is 1. The Labute approximate surface area is 250 Å². The number of amidine groups is 1. The van der Waals surface area contributed by atoms with E-state index in [1.54, 1.807) is 29.0 Å². The van der Waals surface area contributed by atoms with Crippen molar-refractivity contribution in [3.05, 3.63) is 91.4 Å². The molecular weight excluding hydrogens is 543 g/mol. The molecule has 2 saturated heterocycles. The number of benzene rings is 1. The number of nitrogens with two attached hydrogens (primary N) is 1. The Morgan fingerprint density at radius 1 is 1.07 bits per heavy atom. The van der Waals surface area contributed by atoms with E-state index in [1.165, 1.54) is 24.5 Å². The number of carbonyl (C=O) groups excluding carboxylic acids is 1. The predicted molar refractivity (Wildman–Crippen MR) is 167 cm³/mol. The molecule has 3 atom stereocenters. The molecule has 4 aromatic rings. The summed E-state index contributed by atoms with van der Waals surface area (Å²) in [5.74, 6) is 0.486. The molecule has 1 aliphatic carbocycles. The number of fused-ring (bicyclic) bond motifs is 3. The predicted octanol–water partition coefficient (Wildman–Crippen LogP) is 5.60. The average molecular weight is 579 g/mol. The summed E-state index contributed by atoms with van der Waals surface area (Å²) in [4.78, 5) is 29.2. The van der Waals surface area contributed by atoms with E-state index in [0.29, 0.717) is 11.5 Å². The Balaban J connectivity index is 1.35. The summed E-state index contributed by atoms with van der Waals surface area (Å²) in [7, 11) is 0. The van der Waals surface area contributed by atoms with E-state index in [2.05, 4.69) is 54.3 Å². The first-order valence-electron chi connectivity index (χ1n) is 14.4. The van der Waals surface area contributed by atoms with Crippen molar-refractivity contribution < 1.29 is 9.18 Å². The lowest BCUT2D eigenvalue weighted by molar-refractivity contribution is -0.142. The molecule has 1 saturated carbocycles. The number of nitrogens with zero attached hydrogens (tertiary/aromatic N) is 6. The average Bonchev–Trinajstić information content (AvgIpc) is 3.41. The number of rotatable bonds is 5. The maximum Gasteiger partial charge on any atom is 0.290 e. The standard InChI is InChI=1S/C33H35FN8O/c1-6-36-30(37-7-2)32(43)41-23-14-21(15-24(41)16-23)28-27(33(3,4)5)29(35)42-31(40-28)25(18-39-42)20-10-13-26(38-17-20)19-8-11-22(34)12-9-19/h6-13,17-18,21,23-24H,1-2,14-16,35H2,3-5H3,(H,36,37)/t21?,23-,24?/m1/s1. The first kappa shape index (κ1) is 28.3. The molecule has 0 spiro atoms. The molecule has 2 unspecified atom stereocenters. The van der Waals surface area contributed by atoms with E-state index in [0.717, 1.165) is 52.9 Å². The zero-order valence-corrected chi connectivity index (χ0v) is 24.6. The zero-order valence-electron chi connectivity index (χ0n) is 24.6. The second-order valence-electron chi connectivity index (χ2n) is 12.2. The molecule has 1 aromatic carbocycles. The topological polar surface area (TPSA) is 114 Å². The fourth-order valence-corrected chi connectivity index (χ4v) is 6.54. The number of nitrogens with one attached hydrogen (secondary N) is 1. The van der Waals surface area contributed by atoms with Gasteiger partial charge >= 0.3 is 0 Å². The van der Waals surface area contributed by atoms with Gasteiger partial charge < -0.3 is 16.0 Å². The van der Waals surface area contributed by atoms with Crippen molar-refractivity contribution in [3.63, 3.8) is 0 Å². The zero-order chi connectivity index (χ0) is 30.5. The van der Waals surface area contributed by atoms with E-state index in [-0.39, 0.29) is 41.0 Å². The monoisotopic (exact) mass is 578 g/mol. The number of nitrogen functional groups attached to an aromatic ring is 1. The summed E-state index contributed by atoms with van der Waals surface area (Å²) >= 11 is 0. The molecule has 10 heteroatoms. The number of aromatic nitrogens is 4. The van der Waals surface area contributed by atoms with Crippen molar-refractivity contribution in [1.82, 2.24) is 29.8 Å². The molecule has 2 bridgehead atoms. The molecule has 1 amide bonds. The first-order valence-corrected chi connectivity index (χ1v) is 14.4. The van der Waals surface area contributed by atoms with E-state index >= 15 is 0 Å². The lowest BCUT2D eigenvalue weighted by Gasteiger charge is -2.55. The third-order valence-corrected chi connectivity index (χ3v) is 8.40. The molecule has 3 fully saturated rings. The van der Waals surface area contributed by atoms with Crippen LogP contribution in [0.1, 0.15) is 57.2 Å². The Kier molecular flexibility index (Phi) is 7.07. The maximum absolute atomic E-state index is 13.4. The summed E-state index contributed by atoms with van der Waals surface area (Å²) in [5.41, 5.74) is 12.4. The molecule has 9 nitrogen and oxygen atoms in total. The highest BCUT2D eigenvalue weighted by Crippen LogP contribution is 2.48. The maximum atomic E-state index is 13.4. The van der Waals surface area contributed by atoms with Crippen LogP contribution in [-0.2, 0) is 10.2 Å². The van der Waals surface area contributed by atoms with Crippen LogP contribution in [0.5, 0.6) is 0 Å². The third-order valence-electron chi connectivity index (χ3n) is 8.40. The smallest absolute Gasteiger partial charge is 0.290 e. The SMILES string of the molecule is C=CN=C(NC=C)C(=O)N1C2CC(c3nc4c(-c5ccc(-c6ccc(F)cc6)nc5)cnn4c(N)c3C(C)(C)C)C[C@@H]1C2. The number of piperidine rings is 1. The minimum Gasteiger partial charge on any atom is -0.383 e. The highest BCUT2D eigenvalue weighted by atomic mass is 19.1. The second kappa shape index (κ2) is 10.8. The Morgan fingerprint density at radius 3 is 2.37 bits per heavy atom. The van der Waals surface area contributed by atoms with Crippen molar-refractivity contribution in [2.45, 2.75) is 63.5 Å². The van der Waals surface area contributed by atoms with Gasteiger partial charge in [0, 0.05) is 52.7 Å². The normalized spacial score (nSPS) is 20.0. The van der Waals surface area contributed by atoms with Gasteiger partial charge in [-0.15, -0.1) is 0 Å². The molecule has 3 N–H and O–H groups in total. The van der Waals surface area contributed by atoms with Crippen LogP contribution in [0.15, 0.2) is 79.3 Å². The molecular formula is C33H35FN8O. The van der Waals surface area contributed by atoms with E-state index in [4.69, 9.17) is 10.7 Å². The quantitative estimate of drug-likeness (QED) is 0.235. The number of hydrogen-bond donors (Lipinski definition) is 2. The van der Waals surface area contributed by atoms with Gasteiger partial charge in [-0.2, -0.15) is 9.61 Å². The molecule has 0 radical (unpaired) electrons. The number of anilines is 1. The molecule has 43 heavy (non-hydrogen) atoms. The van der Waals surface area contributed by atoms with Gasteiger partial charge in [0.1, 0.15) is 11.6 Å². The second-order valence-corrected chi connectivity index (χ2v) is 12.2. The Bertz CT molecular complexity index is 1740. The minimum atomic E-state index is -0.286. The van der Waals surface area contributed by atoms with Gasteiger partial charge in [-0.3, -0.25) is 9.78 Å². The highest BCUT2D eigenvalue weighted by Gasteiger charge is 2.50.